The summed E-state index contributed by atoms with van der Waals surface area (Å²) in [4.78, 5) is 14.0. The van der Waals surface area contributed by atoms with E-state index >= 15 is 0 Å². The second-order valence-electron chi connectivity index (χ2n) is 5.32. The van der Waals surface area contributed by atoms with E-state index in [1.807, 2.05) is 0 Å². The van der Waals surface area contributed by atoms with Crippen molar-refractivity contribution in [1.82, 2.24) is 10.2 Å². The van der Waals surface area contributed by atoms with Crippen molar-refractivity contribution in [3.8, 4) is 0 Å². The minimum absolute atomic E-state index is 0.0133. The van der Waals surface area contributed by atoms with E-state index in [0.29, 0.717) is 6.04 Å². The first kappa shape index (κ1) is 11.9. The number of carbonyl (C=O) groups is 1. The second kappa shape index (κ2) is 5.15. The van der Waals surface area contributed by atoms with E-state index in [4.69, 9.17) is 5.73 Å². The summed E-state index contributed by atoms with van der Waals surface area (Å²) >= 11 is 0. The fraction of sp³-hybridized carbons (Fsp3) is 0.917. The van der Waals surface area contributed by atoms with E-state index in [-0.39, 0.29) is 11.9 Å². The van der Waals surface area contributed by atoms with Crippen molar-refractivity contribution < 1.29 is 4.79 Å². The average molecular weight is 225 g/mol. The number of carbonyl (C=O) groups excluding carboxylic acids is 1. The van der Waals surface area contributed by atoms with Crippen molar-refractivity contribution in [3.05, 3.63) is 0 Å². The van der Waals surface area contributed by atoms with Crippen LogP contribution >= 0.6 is 0 Å². The Bertz CT molecular complexity index is 243. The largest absolute Gasteiger partial charge is 0.352 e. The van der Waals surface area contributed by atoms with Crippen LogP contribution in [0.2, 0.25) is 0 Å². The molecule has 1 aliphatic heterocycles. The van der Waals surface area contributed by atoms with Crippen molar-refractivity contribution in [1.29, 1.82) is 0 Å². The van der Waals surface area contributed by atoms with E-state index in [9.17, 15) is 4.79 Å². The molecule has 4 heteroatoms. The number of nitrogens with one attached hydrogen (secondary N) is 1. The summed E-state index contributed by atoms with van der Waals surface area (Å²) in [7, 11) is 0. The first-order valence-corrected chi connectivity index (χ1v) is 6.43. The lowest BCUT2D eigenvalue weighted by Crippen LogP contribution is -2.49. The summed E-state index contributed by atoms with van der Waals surface area (Å²) < 4.78 is 0. The van der Waals surface area contributed by atoms with Gasteiger partial charge in [0.05, 0.1) is 6.04 Å². The fourth-order valence-electron chi connectivity index (χ4n) is 2.26. The van der Waals surface area contributed by atoms with Gasteiger partial charge in [0, 0.05) is 25.7 Å². The molecule has 16 heavy (non-hydrogen) atoms. The van der Waals surface area contributed by atoms with E-state index in [1.54, 1.807) is 6.92 Å². The minimum Gasteiger partial charge on any atom is -0.352 e. The van der Waals surface area contributed by atoms with Crippen molar-refractivity contribution in [2.75, 3.05) is 19.6 Å². The third kappa shape index (κ3) is 3.46. The molecule has 3 N–H and O–H groups in total. The monoisotopic (exact) mass is 225 g/mol. The van der Waals surface area contributed by atoms with Crippen LogP contribution in [-0.2, 0) is 4.79 Å². The molecule has 1 saturated heterocycles. The Morgan fingerprint density at radius 1 is 1.38 bits per heavy atom. The average Bonchev–Trinajstić information content (AvgIpc) is 3.04. The molecule has 1 atom stereocenters. The molecule has 0 aromatic rings. The summed E-state index contributed by atoms with van der Waals surface area (Å²) in [5, 5.41) is 3.02. The Morgan fingerprint density at radius 3 is 2.50 bits per heavy atom. The number of nitrogens with two attached hydrogens (primary N) is 1. The molecule has 2 fully saturated rings. The molecule has 2 aliphatic rings. The van der Waals surface area contributed by atoms with Crippen molar-refractivity contribution in [2.24, 2.45) is 11.7 Å². The third-order valence-electron chi connectivity index (χ3n) is 3.56. The normalized spacial score (nSPS) is 25.4. The highest BCUT2D eigenvalue weighted by Crippen LogP contribution is 2.30. The van der Waals surface area contributed by atoms with Crippen LogP contribution in [0.5, 0.6) is 0 Å². The van der Waals surface area contributed by atoms with Crippen molar-refractivity contribution in [2.45, 2.75) is 44.7 Å². The Kier molecular flexibility index (Phi) is 3.82. The highest BCUT2D eigenvalue weighted by Gasteiger charge is 2.27. The van der Waals surface area contributed by atoms with Gasteiger partial charge in [-0.2, -0.15) is 0 Å². The van der Waals surface area contributed by atoms with Crippen LogP contribution < -0.4 is 11.1 Å². The molecule has 0 bridgehead atoms. The zero-order valence-corrected chi connectivity index (χ0v) is 10.1. The molecule has 0 radical (unpaired) electrons. The zero-order chi connectivity index (χ0) is 11.5. The predicted octanol–water partition coefficient (Wildman–Crippen LogP) is 0.324. The lowest BCUT2D eigenvalue weighted by molar-refractivity contribution is -0.123. The quantitative estimate of drug-likeness (QED) is 0.724. The third-order valence-corrected chi connectivity index (χ3v) is 3.56. The smallest absolute Gasteiger partial charge is 0.236 e. The Hall–Kier alpha value is -0.610. The molecule has 1 aliphatic carbocycles. The summed E-state index contributed by atoms with van der Waals surface area (Å²) in [5.41, 5.74) is 5.53. The number of nitrogens with zero attached hydrogens (tertiary/aromatic N) is 1. The minimum atomic E-state index is -0.385. The Labute approximate surface area is 97.6 Å². The maximum atomic E-state index is 11.4. The lowest BCUT2D eigenvalue weighted by atomic mass is 10.0. The molecule has 0 aromatic heterocycles. The van der Waals surface area contributed by atoms with Gasteiger partial charge in [0.25, 0.3) is 0 Å². The molecule has 4 nitrogen and oxygen atoms in total. The highest BCUT2D eigenvalue weighted by atomic mass is 16.2. The molecular weight excluding hydrogens is 202 g/mol. The van der Waals surface area contributed by atoms with Gasteiger partial charge in [-0.15, -0.1) is 0 Å². The molecule has 1 saturated carbocycles. The van der Waals surface area contributed by atoms with E-state index < -0.39 is 0 Å². The molecular formula is C12H23N3O. The van der Waals surface area contributed by atoms with Crippen LogP contribution in [0.4, 0.5) is 0 Å². The van der Waals surface area contributed by atoms with E-state index in [0.717, 1.165) is 31.8 Å². The number of hydrogen-bond acceptors (Lipinski definition) is 3. The van der Waals surface area contributed by atoms with Gasteiger partial charge in [-0.05, 0) is 38.5 Å². The van der Waals surface area contributed by atoms with Crippen LogP contribution in [0, 0.1) is 5.92 Å². The maximum Gasteiger partial charge on any atom is 0.236 e. The predicted molar refractivity (Wildman–Crippen MR) is 64.0 cm³/mol. The highest BCUT2D eigenvalue weighted by molar-refractivity contribution is 5.81. The summed E-state index contributed by atoms with van der Waals surface area (Å²) in [6.07, 6.45) is 4.99. The van der Waals surface area contributed by atoms with Gasteiger partial charge in [-0.25, -0.2) is 0 Å². The number of amides is 1. The van der Waals surface area contributed by atoms with E-state index in [1.165, 1.54) is 19.4 Å². The zero-order valence-electron chi connectivity index (χ0n) is 10.1. The summed E-state index contributed by atoms with van der Waals surface area (Å²) in [6.45, 7) is 5.26. The summed E-state index contributed by atoms with van der Waals surface area (Å²) in [5.74, 6) is 0.954. The van der Waals surface area contributed by atoms with Crippen LogP contribution in [-0.4, -0.2) is 42.5 Å². The van der Waals surface area contributed by atoms with Crippen LogP contribution in [0.15, 0.2) is 0 Å². The molecule has 1 unspecified atom stereocenters. The molecule has 92 valence electrons. The first-order chi connectivity index (χ1) is 7.65. The van der Waals surface area contributed by atoms with Gasteiger partial charge in [-0.3, -0.25) is 4.79 Å². The number of piperidine rings is 1. The number of rotatable bonds is 4. The van der Waals surface area contributed by atoms with Gasteiger partial charge in [0.2, 0.25) is 5.91 Å². The first-order valence-electron chi connectivity index (χ1n) is 6.43. The van der Waals surface area contributed by atoms with Gasteiger partial charge >= 0.3 is 0 Å². The van der Waals surface area contributed by atoms with Crippen LogP contribution in [0.1, 0.15) is 32.6 Å². The SMILES string of the molecule is CC(N)C(=O)NC1CCN(CC2CC2)CC1. The molecule has 2 rings (SSSR count). The van der Waals surface area contributed by atoms with Crippen molar-refractivity contribution in [3.63, 3.8) is 0 Å². The molecule has 1 amide bonds. The van der Waals surface area contributed by atoms with Crippen molar-refractivity contribution >= 4 is 5.91 Å². The van der Waals surface area contributed by atoms with Gasteiger partial charge in [-0.1, -0.05) is 0 Å². The van der Waals surface area contributed by atoms with Gasteiger partial charge in [0.1, 0.15) is 0 Å². The standard InChI is InChI=1S/C12H23N3O/c1-9(13)12(16)14-11-4-6-15(7-5-11)8-10-2-3-10/h9-11H,2-8,13H2,1H3,(H,14,16). The molecule has 0 spiro atoms. The van der Waals surface area contributed by atoms with E-state index in [2.05, 4.69) is 10.2 Å². The topological polar surface area (TPSA) is 58.4 Å². The number of hydrogen-bond donors (Lipinski definition) is 2. The van der Waals surface area contributed by atoms with Gasteiger partial charge < -0.3 is 16.0 Å². The Balaban J connectivity index is 1.66. The summed E-state index contributed by atoms with van der Waals surface area (Å²) in [6, 6.07) is -0.0431. The fourth-order valence-corrected chi connectivity index (χ4v) is 2.26. The van der Waals surface area contributed by atoms with Gasteiger partial charge in [0.15, 0.2) is 0 Å². The second-order valence-corrected chi connectivity index (χ2v) is 5.32. The Morgan fingerprint density at radius 2 is 2.00 bits per heavy atom. The number of likely N-dealkylation sites (tertiary alicyclic amines) is 1. The molecule has 1 heterocycles. The van der Waals surface area contributed by atoms with Crippen LogP contribution in [0.25, 0.3) is 0 Å². The molecule has 0 aromatic carbocycles. The lowest BCUT2D eigenvalue weighted by Gasteiger charge is -2.32. The van der Waals surface area contributed by atoms with Crippen LogP contribution in [0.3, 0.4) is 0 Å². The maximum absolute atomic E-state index is 11.4.